The Bertz CT molecular complexity index is 820. The van der Waals surface area contributed by atoms with Gasteiger partial charge in [0.1, 0.15) is 0 Å². The minimum atomic E-state index is 0. The smallest absolute Gasteiger partial charge is 0.250 e. The number of rotatable bonds is 6. The lowest BCUT2D eigenvalue weighted by atomic mass is 10.1. The van der Waals surface area contributed by atoms with Crippen LogP contribution in [0.4, 0.5) is 0 Å². The molecule has 1 aliphatic heterocycles. The third kappa shape index (κ3) is 6.07. The lowest BCUT2D eigenvalue weighted by Crippen LogP contribution is -2.39. The normalized spacial score (nSPS) is 16.7. The zero-order chi connectivity index (χ0) is 19.1. The number of nitrogens with zero attached hydrogens (tertiary/aromatic N) is 3. The monoisotopic (exact) mass is 496 g/mol. The van der Waals surface area contributed by atoms with Crippen molar-refractivity contribution in [2.24, 2.45) is 10.9 Å². The van der Waals surface area contributed by atoms with E-state index in [1.807, 2.05) is 19.3 Å². The topological polar surface area (TPSA) is 58.9 Å². The number of methoxy groups -OCH3 is 1. The van der Waals surface area contributed by atoms with Crippen LogP contribution in [0.2, 0.25) is 0 Å². The quantitative estimate of drug-likeness (QED) is 0.380. The van der Waals surface area contributed by atoms with Crippen molar-refractivity contribution in [2.45, 2.75) is 19.5 Å². The molecule has 1 N–H and O–H groups in total. The van der Waals surface area contributed by atoms with Gasteiger partial charge in [-0.2, -0.15) is 0 Å². The first-order chi connectivity index (χ1) is 13.2. The van der Waals surface area contributed by atoms with Gasteiger partial charge in [0.15, 0.2) is 5.96 Å². The average Bonchev–Trinajstić information content (AvgIpc) is 3.14. The molecule has 0 aliphatic carbocycles. The summed E-state index contributed by atoms with van der Waals surface area (Å²) in [6.45, 7) is 4.11. The molecule has 0 radical (unpaired) electrons. The molecule has 152 valence electrons. The van der Waals surface area contributed by atoms with Crippen LogP contribution in [0.25, 0.3) is 0 Å². The lowest BCUT2D eigenvalue weighted by Gasteiger charge is -2.21. The predicted octanol–water partition coefficient (Wildman–Crippen LogP) is 2.56. The number of hydrogen-bond donors (Lipinski definition) is 1. The summed E-state index contributed by atoms with van der Waals surface area (Å²) in [6, 6.07) is 13.6. The maximum atomic E-state index is 11.8. The molecule has 1 aliphatic rings. The Kier molecular flexibility index (Phi) is 8.98. The first-order valence-electron chi connectivity index (χ1n) is 9.37. The number of aromatic nitrogens is 1. The number of ether oxygens (including phenoxy) is 1. The predicted molar refractivity (Wildman–Crippen MR) is 123 cm³/mol. The number of aliphatic imine (C=N–C) groups is 1. The second kappa shape index (κ2) is 11.2. The van der Waals surface area contributed by atoms with Crippen LogP contribution in [0, 0.1) is 5.92 Å². The molecule has 1 atom stereocenters. The van der Waals surface area contributed by atoms with Gasteiger partial charge in [0.2, 0.25) is 0 Å². The molecular weight excluding hydrogens is 467 g/mol. The van der Waals surface area contributed by atoms with E-state index in [1.165, 1.54) is 5.56 Å². The molecule has 0 amide bonds. The molecule has 1 fully saturated rings. The van der Waals surface area contributed by atoms with Crippen molar-refractivity contribution in [3.8, 4) is 0 Å². The maximum Gasteiger partial charge on any atom is 0.250 e. The van der Waals surface area contributed by atoms with Crippen molar-refractivity contribution in [2.75, 3.05) is 33.9 Å². The van der Waals surface area contributed by atoms with Gasteiger partial charge in [0, 0.05) is 52.0 Å². The summed E-state index contributed by atoms with van der Waals surface area (Å²) in [4.78, 5) is 18.5. The highest BCUT2D eigenvalue weighted by atomic mass is 127. The number of halogens is 1. The van der Waals surface area contributed by atoms with Crippen LogP contribution < -0.4 is 10.9 Å². The Hall–Kier alpha value is -1.87. The third-order valence-electron chi connectivity index (χ3n) is 4.93. The first kappa shape index (κ1) is 22.4. The number of nitrogens with one attached hydrogen (secondary N) is 1. The molecule has 6 nitrogen and oxygen atoms in total. The summed E-state index contributed by atoms with van der Waals surface area (Å²) in [6.07, 6.45) is 2.96. The van der Waals surface area contributed by atoms with E-state index in [2.05, 4.69) is 39.5 Å². The summed E-state index contributed by atoms with van der Waals surface area (Å²) in [7, 11) is 3.58. The Morgan fingerprint density at radius 2 is 1.96 bits per heavy atom. The van der Waals surface area contributed by atoms with Gasteiger partial charge >= 0.3 is 0 Å². The van der Waals surface area contributed by atoms with Crippen molar-refractivity contribution in [1.29, 1.82) is 0 Å². The van der Waals surface area contributed by atoms with Gasteiger partial charge in [-0.3, -0.25) is 9.79 Å². The van der Waals surface area contributed by atoms with E-state index in [1.54, 1.807) is 23.8 Å². The lowest BCUT2D eigenvalue weighted by molar-refractivity contribution is 0.157. The van der Waals surface area contributed by atoms with Gasteiger partial charge < -0.3 is 19.5 Å². The van der Waals surface area contributed by atoms with Gasteiger partial charge in [0.25, 0.3) is 5.56 Å². The molecule has 3 rings (SSSR count). The minimum Gasteiger partial charge on any atom is -0.384 e. The minimum absolute atomic E-state index is 0. The average molecular weight is 496 g/mol. The van der Waals surface area contributed by atoms with Gasteiger partial charge in [-0.05, 0) is 23.6 Å². The number of benzene rings is 1. The van der Waals surface area contributed by atoms with E-state index in [9.17, 15) is 4.79 Å². The van der Waals surface area contributed by atoms with Crippen molar-refractivity contribution >= 4 is 29.9 Å². The Labute approximate surface area is 183 Å². The summed E-state index contributed by atoms with van der Waals surface area (Å²) in [5.41, 5.74) is 2.32. The second-order valence-electron chi connectivity index (χ2n) is 6.94. The van der Waals surface area contributed by atoms with Gasteiger partial charge in [-0.1, -0.05) is 30.3 Å². The van der Waals surface area contributed by atoms with Crippen LogP contribution >= 0.6 is 24.0 Å². The maximum absolute atomic E-state index is 11.8. The van der Waals surface area contributed by atoms with Crippen molar-refractivity contribution < 1.29 is 4.74 Å². The summed E-state index contributed by atoms with van der Waals surface area (Å²) < 4.78 is 6.98. The molecule has 7 heteroatoms. The first-order valence-corrected chi connectivity index (χ1v) is 9.37. The second-order valence-corrected chi connectivity index (χ2v) is 6.94. The fourth-order valence-electron chi connectivity index (χ4n) is 3.46. The van der Waals surface area contributed by atoms with Crippen LogP contribution in [0.5, 0.6) is 0 Å². The number of guanidine groups is 1. The van der Waals surface area contributed by atoms with Crippen molar-refractivity contribution in [3.63, 3.8) is 0 Å². The fraction of sp³-hybridized carbons (Fsp3) is 0.429. The molecule has 1 aromatic carbocycles. The van der Waals surface area contributed by atoms with E-state index >= 15 is 0 Å². The van der Waals surface area contributed by atoms with Crippen molar-refractivity contribution in [3.05, 3.63) is 70.1 Å². The van der Waals surface area contributed by atoms with Gasteiger partial charge in [-0.15, -0.1) is 24.0 Å². The van der Waals surface area contributed by atoms with Crippen LogP contribution in [0.15, 0.2) is 58.4 Å². The van der Waals surface area contributed by atoms with E-state index < -0.39 is 0 Å². The van der Waals surface area contributed by atoms with Crippen molar-refractivity contribution in [1.82, 2.24) is 14.8 Å². The SMILES string of the molecule is CN=C(NCc1ccc(Cn2ccccc2=O)cc1)N1CCC(COC)C1.I. The Morgan fingerprint density at radius 3 is 2.64 bits per heavy atom. The zero-order valence-corrected chi connectivity index (χ0v) is 18.8. The summed E-state index contributed by atoms with van der Waals surface area (Å²) >= 11 is 0. The summed E-state index contributed by atoms with van der Waals surface area (Å²) in [5.74, 6) is 1.52. The number of likely N-dealkylation sites (tertiary alicyclic amines) is 1. The molecule has 0 saturated carbocycles. The molecule has 1 saturated heterocycles. The van der Waals surface area contributed by atoms with Crippen LogP contribution in [0.3, 0.4) is 0 Å². The van der Waals surface area contributed by atoms with E-state index in [-0.39, 0.29) is 29.5 Å². The fourth-order valence-corrected chi connectivity index (χ4v) is 3.46. The molecule has 2 aromatic rings. The highest BCUT2D eigenvalue weighted by molar-refractivity contribution is 14.0. The van der Waals surface area contributed by atoms with E-state index in [0.717, 1.165) is 44.2 Å². The molecule has 28 heavy (non-hydrogen) atoms. The molecule has 1 aromatic heterocycles. The molecule has 0 bridgehead atoms. The highest BCUT2D eigenvalue weighted by Gasteiger charge is 2.24. The molecule has 1 unspecified atom stereocenters. The number of hydrogen-bond acceptors (Lipinski definition) is 3. The van der Waals surface area contributed by atoms with Crippen LogP contribution in [0.1, 0.15) is 17.5 Å². The third-order valence-corrected chi connectivity index (χ3v) is 4.93. The summed E-state index contributed by atoms with van der Waals surface area (Å²) in [5, 5.41) is 3.45. The highest BCUT2D eigenvalue weighted by Crippen LogP contribution is 2.16. The van der Waals surface area contributed by atoms with Gasteiger partial charge in [0.05, 0.1) is 13.2 Å². The van der Waals surface area contributed by atoms with E-state index in [4.69, 9.17) is 4.74 Å². The zero-order valence-electron chi connectivity index (χ0n) is 16.5. The van der Waals surface area contributed by atoms with E-state index in [0.29, 0.717) is 12.5 Å². The molecular formula is C21H29IN4O2. The molecule has 2 heterocycles. The Morgan fingerprint density at radius 1 is 1.21 bits per heavy atom. The van der Waals surface area contributed by atoms with Crippen LogP contribution in [-0.4, -0.2) is 49.3 Å². The number of pyridine rings is 1. The largest absolute Gasteiger partial charge is 0.384 e. The molecule has 0 spiro atoms. The Balaban J connectivity index is 0.00000280. The standard InChI is InChI=1S/C21H28N4O2.HI/c1-22-21(25-12-10-19(15-25)16-27-2)23-13-17-6-8-18(9-7-17)14-24-11-4-3-5-20(24)26;/h3-9,11,19H,10,12-16H2,1-2H3,(H,22,23);1H. The van der Waals surface area contributed by atoms with Crippen LogP contribution in [-0.2, 0) is 17.8 Å². The van der Waals surface area contributed by atoms with Gasteiger partial charge in [-0.25, -0.2) is 0 Å².